The lowest BCUT2D eigenvalue weighted by atomic mass is 10.1. The fourth-order valence-corrected chi connectivity index (χ4v) is 11.0. The summed E-state index contributed by atoms with van der Waals surface area (Å²) >= 11 is 0. The Balaban J connectivity index is 0.000000462. The molecule has 13 nitrogen and oxygen atoms in total. The smallest absolute Gasteiger partial charge is 0.0951 e. The second kappa shape index (κ2) is 48.1. The number of hydrogen-bond acceptors (Lipinski definition) is 11. The number of nitrogens with zero attached hydrogens (tertiary/aromatic N) is 11. The van der Waals surface area contributed by atoms with Crippen LogP contribution >= 0.6 is 0 Å². The van der Waals surface area contributed by atoms with Crippen molar-refractivity contribution in [3.05, 3.63) is 42.7 Å². The molecule has 7 aliphatic heterocycles. The Hall–Kier alpha value is -1.91. The summed E-state index contributed by atoms with van der Waals surface area (Å²) in [7, 11) is 2.19. The van der Waals surface area contributed by atoms with E-state index in [4.69, 9.17) is 4.74 Å². The Bertz CT molecular complexity index is 1550. The van der Waals surface area contributed by atoms with E-state index in [1.54, 1.807) is 0 Å². The molecule has 9 heterocycles. The first-order valence-electron chi connectivity index (χ1n) is 34.3. The normalized spacial score (nSPS) is 20.5. The predicted molar refractivity (Wildman–Crippen MR) is 360 cm³/mol. The number of hydrogen-bond donors (Lipinski definition) is 1. The van der Waals surface area contributed by atoms with Crippen LogP contribution in [-0.2, 0) is 4.74 Å². The van der Waals surface area contributed by atoms with Crippen molar-refractivity contribution >= 4 is 0 Å². The highest BCUT2D eigenvalue weighted by atomic mass is 16.5. The van der Waals surface area contributed by atoms with Crippen LogP contribution in [-0.4, -0.2) is 234 Å². The summed E-state index contributed by atoms with van der Waals surface area (Å²) in [5.74, 6) is 0. The molecule has 0 unspecified atom stereocenters. The van der Waals surface area contributed by atoms with Crippen molar-refractivity contribution in [2.75, 3.05) is 138 Å². The second-order valence-electron chi connectivity index (χ2n) is 26.9. The first-order chi connectivity index (χ1) is 39.0. The molecule has 1 N–H and O–H groups in total. The molecule has 7 fully saturated rings. The van der Waals surface area contributed by atoms with E-state index in [1.807, 2.05) is 31.6 Å². The molecule has 0 atom stereocenters. The number of rotatable bonds is 9. The van der Waals surface area contributed by atoms with Gasteiger partial charge in [0, 0.05) is 125 Å². The van der Waals surface area contributed by atoms with Gasteiger partial charge >= 0.3 is 0 Å². The first kappa shape index (κ1) is 78.1. The van der Waals surface area contributed by atoms with E-state index in [9.17, 15) is 0 Å². The lowest BCUT2D eigenvalue weighted by molar-refractivity contribution is 0.0238. The summed E-state index contributed by atoms with van der Waals surface area (Å²) in [4.78, 5) is 24.2. The van der Waals surface area contributed by atoms with Gasteiger partial charge in [-0.15, -0.1) is 0 Å². The number of ether oxygens (including phenoxy) is 1. The Labute approximate surface area is 511 Å². The quantitative estimate of drug-likeness (QED) is 0.261. The van der Waals surface area contributed by atoms with Gasteiger partial charge in [0.05, 0.1) is 25.2 Å². The average Bonchev–Trinajstić information content (AvgIpc) is 4.22. The van der Waals surface area contributed by atoms with Crippen LogP contribution in [0.4, 0.5) is 0 Å². The number of piperazine rings is 1. The molecule has 0 spiro atoms. The van der Waals surface area contributed by atoms with Crippen molar-refractivity contribution in [1.29, 1.82) is 0 Å². The maximum atomic E-state index is 5.21. The minimum Gasteiger partial charge on any atom is -0.379 e. The summed E-state index contributed by atoms with van der Waals surface area (Å²) in [5.41, 5.74) is 1.09. The minimum absolute atomic E-state index is 0.534. The fourth-order valence-electron chi connectivity index (χ4n) is 11.0. The zero-order valence-corrected chi connectivity index (χ0v) is 58.3. The molecule has 2 aromatic heterocycles. The number of nitrogens with one attached hydrogen (secondary N) is 1. The van der Waals surface area contributed by atoms with Crippen molar-refractivity contribution in [1.82, 2.24) is 58.6 Å². The number of imidazole rings is 1. The number of aromatic nitrogens is 3. The van der Waals surface area contributed by atoms with Gasteiger partial charge in [-0.1, -0.05) is 25.7 Å². The predicted octanol–water partition coefficient (Wildman–Crippen LogP) is 13.4. The molecule has 0 bridgehead atoms. The van der Waals surface area contributed by atoms with Gasteiger partial charge in [-0.25, -0.2) is 4.98 Å². The maximum absolute atomic E-state index is 5.21. The molecular formula is C69H142N12O. The third kappa shape index (κ3) is 39.0. The van der Waals surface area contributed by atoms with Crippen LogP contribution in [0.25, 0.3) is 0 Å². The monoisotopic (exact) mass is 1160 g/mol. The molecule has 2 aromatic rings. The van der Waals surface area contributed by atoms with Crippen LogP contribution < -0.4 is 5.32 Å². The van der Waals surface area contributed by atoms with E-state index in [0.29, 0.717) is 18.1 Å². The van der Waals surface area contributed by atoms with Crippen LogP contribution in [0.1, 0.15) is 226 Å². The molecule has 7 saturated heterocycles. The van der Waals surface area contributed by atoms with Gasteiger partial charge in [0.25, 0.3) is 0 Å². The summed E-state index contributed by atoms with van der Waals surface area (Å²) in [6.45, 7) is 66.9. The number of likely N-dealkylation sites (N-methyl/N-ethyl adjacent to an activating group) is 1. The van der Waals surface area contributed by atoms with Gasteiger partial charge in [0.15, 0.2) is 0 Å². The molecule has 0 aromatic carbocycles. The largest absolute Gasteiger partial charge is 0.379 e. The van der Waals surface area contributed by atoms with Crippen LogP contribution in [0.15, 0.2) is 37.1 Å². The van der Waals surface area contributed by atoms with Crippen LogP contribution in [0.5, 0.6) is 0 Å². The number of piperidine rings is 2. The lowest BCUT2D eigenvalue weighted by Crippen LogP contribution is -2.47. The number of likely N-dealkylation sites (tertiary alicyclic amines) is 4. The molecule has 0 amide bonds. The van der Waals surface area contributed by atoms with E-state index >= 15 is 0 Å². The second-order valence-corrected chi connectivity index (χ2v) is 26.9. The van der Waals surface area contributed by atoms with E-state index in [1.165, 1.54) is 182 Å². The fraction of sp³-hybridized carbons (Fsp3) is 0.899. The maximum Gasteiger partial charge on any atom is 0.0951 e. The van der Waals surface area contributed by atoms with Crippen LogP contribution in [0.2, 0.25) is 0 Å². The Morgan fingerprint density at radius 2 is 0.646 bits per heavy atom. The number of aryl methyl sites for hydroxylation is 1. The molecule has 82 heavy (non-hydrogen) atoms. The zero-order chi connectivity index (χ0) is 61.2. The summed E-state index contributed by atoms with van der Waals surface area (Å²) in [6.07, 6.45) is 26.5. The van der Waals surface area contributed by atoms with Crippen LogP contribution in [0.3, 0.4) is 0 Å². The highest BCUT2D eigenvalue weighted by Gasteiger charge is 2.17. The molecule has 13 heteroatoms. The highest BCUT2D eigenvalue weighted by molar-refractivity contribution is 4.93. The van der Waals surface area contributed by atoms with Crippen molar-refractivity contribution in [3.63, 3.8) is 0 Å². The molecule has 9 rings (SSSR count). The van der Waals surface area contributed by atoms with E-state index < -0.39 is 0 Å². The topological polar surface area (TPSA) is 69.9 Å². The van der Waals surface area contributed by atoms with E-state index in [-0.39, 0.29) is 0 Å². The minimum atomic E-state index is 0.534. The molecule has 0 radical (unpaired) electrons. The Kier molecular flexibility index (Phi) is 45.9. The molecule has 0 aliphatic carbocycles. The van der Waals surface area contributed by atoms with Gasteiger partial charge in [-0.2, -0.15) is 0 Å². The molecule has 0 saturated carbocycles. The van der Waals surface area contributed by atoms with Crippen molar-refractivity contribution in [3.8, 4) is 0 Å². The van der Waals surface area contributed by atoms with Gasteiger partial charge in [-0.05, 0) is 274 Å². The standard InChI is InChI=1S/C9H19N.2C8H18N2.2C8H17N.C7H12N2.C7H15NO.C7H15N.C7H11N/c1-9(2)10-7-5-3-4-6-8-10;1-8(2)10-6-4-9(3)5-7-10;1-8(2)10-6-3-4-9-5-7-10;2*1-8(2)9-6-4-3-5-7-9;1-6(2)9-4-7(3)8-5-9;1-7(2)8-3-5-9-6-4-8;2*1-7(2)8-5-3-4-6-8/h9H,3-8H2,1-2H3;8H,4-7H2,1-3H3;8-9H,3-7H2,1-2H3;2*8H,3-7H2,1-2H3;4-6H,1-3H3;7H,3-6H2,1-2H3;7H,3-6H2,1-2H3;3-7H,1-2H3. The summed E-state index contributed by atoms with van der Waals surface area (Å²) in [6, 6.07) is 10.4. The Morgan fingerprint density at radius 3 is 0.939 bits per heavy atom. The van der Waals surface area contributed by atoms with E-state index in [0.717, 1.165) is 74.8 Å². The SMILES string of the molecule is CC(C)N1CCCC1.CC(C)N1CCCCC1.CC(C)N1CCCCC1.CC(C)N1CCCCCC1.CC(C)N1CCCNCC1.CC(C)N1CCN(C)CC1.CC(C)N1CCOCC1.CC(C)n1cccc1.Cc1cn(C(C)C)cn1. The third-order valence-electron chi connectivity index (χ3n) is 17.2. The third-order valence-corrected chi connectivity index (χ3v) is 17.2. The van der Waals surface area contributed by atoms with Gasteiger partial charge in [0.1, 0.15) is 0 Å². The molecule has 484 valence electrons. The first-order valence-corrected chi connectivity index (χ1v) is 34.3. The average molecular weight is 1160 g/mol. The summed E-state index contributed by atoms with van der Waals surface area (Å²) in [5, 5.41) is 3.39. The van der Waals surface area contributed by atoms with Crippen LogP contribution in [0, 0.1) is 6.92 Å². The van der Waals surface area contributed by atoms with Crippen molar-refractivity contribution in [2.24, 2.45) is 0 Å². The van der Waals surface area contributed by atoms with E-state index in [2.05, 4.69) is 203 Å². The summed E-state index contributed by atoms with van der Waals surface area (Å²) < 4.78 is 9.47. The molecular weight excluding hydrogens is 1010 g/mol. The van der Waals surface area contributed by atoms with Gasteiger partial charge in [0.2, 0.25) is 0 Å². The van der Waals surface area contributed by atoms with Crippen molar-refractivity contribution < 1.29 is 4.74 Å². The Morgan fingerprint density at radius 1 is 0.341 bits per heavy atom. The lowest BCUT2D eigenvalue weighted by Gasteiger charge is -2.34. The van der Waals surface area contributed by atoms with Gasteiger partial charge in [-0.3, -0.25) is 14.7 Å². The zero-order valence-electron chi connectivity index (χ0n) is 58.3. The van der Waals surface area contributed by atoms with Gasteiger partial charge < -0.3 is 43.7 Å². The highest BCUT2D eigenvalue weighted by Crippen LogP contribution is 2.14. The number of morpholine rings is 1. The molecule has 7 aliphatic rings. The van der Waals surface area contributed by atoms with Crippen molar-refractivity contribution in [2.45, 2.75) is 269 Å².